The van der Waals surface area contributed by atoms with E-state index < -0.39 is 0 Å². The van der Waals surface area contributed by atoms with Crippen molar-refractivity contribution in [2.75, 3.05) is 0 Å². The van der Waals surface area contributed by atoms with Gasteiger partial charge in [-0.05, 0) is 32.6 Å². The summed E-state index contributed by atoms with van der Waals surface area (Å²) < 4.78 is 0. The van der Waals surface area contributed by atoms with Crippen LogP contribution in [0.25, 0.3) is 0 Å². The van der Waals surface area contributed by atoms with Gasteiger partial charge >= 0.3 is 21.1 Å². The van der Waals surface area contributed by atoms with Gasteiger partial charge in [0.25, 0.3) is 0 Å². The summed E-state index contributed by atoms with van der Waals surface area (Å²) in [7, 11) is 0. The molecule has 12 heavy (non-hydrogen) atoms. The first-order chi connectivity index (χ1) is 4.39. The van der Waals surface area contributed by atoms with Gasteiger partial charge in [-0.3, -0.25) is 0 Å². The maximum atomic E-state index is 2.40. The molecule has 1 heteroatoms. The fourth-order valence-electron chi connectivity index (χ4n) is 1.35. The van der Waals surface area contributed by atoms with Crippen molar-refractivity contribution in [3.05, 3.63) is 26.5 Å². The Bertz CT molecular complexity index is 106. The molecule has 0 aromatic carbocycles. The molecule has 1 rings (SSSR count). The zero-order chi connectivity index (χ0) is 6.53. The molecule has 0 bridgehead atoms. The minimum absolute atomic E-state index is 0. The Morgan fingerprint density at radius 3 is 2.25 bits per heavy atom. The van der Waals surface area contributed by atoms with Crippen LogP contribution < -0.4 is 0 Å². The Labute approximate surface area is 93.1 Å². The van der Waals surface area contributed by atoms with E-state index in [-0.39, 0.29) is 35.9 Å². The molecule has 1 aliphatic rings. The topological polar surface area (TPSA) is 0 Å². The number of hydrogen-bond acceptors (Lipinski definition) is 0. The van der Waals surface area contributed by atoms with Gasteiger partial charge in [-0.15, -0.1) is 0 Å². The van der Waals surface area contributed by atoms with Crippen molar-refractivity contribution in [1.29, 1.82) is 0 Å². The number of rotatable bonds is 0. The zero-order valence-electron chi connectivity index (χ0n) is 8.64. The Hall–Kier alpha value is 0.428. The van der Waals surface area contributed by atoms with E-state index in [4.69, 9.17) is 0 Å². The van der Waals surface area contributed by atoms with Crippen LogP contribution in [0.5, 0.6) is 0 Å². The largest absolute Gasteiger partial charge is 2.00 e. The number of allylic oxidation sites excluding steroid dienone is 2. The van der Waals surface area contributed by atoms with Gasteiger partial charge in [0.1, 0.15) is 0 Å². The molecule has 0 atom stereocenters. The molecular weight excluding hydrogens is 327 g/mol. The Balaban J connectivity index is -0.000000270. The third kappa shape index (κ3) is 8.52. The summed E-state index contributed by atoms with van der Waals surface area (Å²) in [4.78, 5) is 0. The van der Waals surface area contributed by atoms with Crippen molar-refractivity contribution in [2.24, 2.45) is 0 Å². The molecule has 0 saturated carbocycles. The molecule has 0 aromatic heterocycles. The van der Waals surface area contributed by atoms with Gasteiger partial charge in [0, 0.05) is 0 Å². The normalized spacial score (nSPS) is 20.9. The monoisotopic (exact) mass is 349 g/mol. The smallest absolute Gasteiger partial charge is 0.358 e. The summed E-state index contributed by atoms with van der Waals surface area (Å²) in [5, 5.41) is 0. The van der Waals surface area contributed by atoms with Crippen LogP contribution in [0.15, 0.2) is 11.6 Å². The van der Waals surface area contributed by atoms with E-state index in [0.717, 1.165) is 0 Å². The van der Waals surface area contributed by atoms with E-state index >= 15 is 0 Å². The second-order valence-electron chi connectivity index (χ2n) is 3.00. The predicted octanol–water partition coefficient (Wildman–Crippen LogP) is 4.18. The minimum Gasteiger partial charge on any atom is -0.358 e. The van der Waals surface area contributed by atoms with Gasteiger partial charge in [-0.2, -0.15) is 0 Å². The Morgan fingerprint density at radius 1 is 1.00 bits per heavy atom. The first kappa shape index (κ1) is 18.3. The molecule has 0 heterocycles. The van der Waals surface area contributed by atoms with Crippen molar-refractivity contribution in [1.82, 2.24) is 0 Å². The van der Waals surface area contributed by atoms with E-state index in [1.165, 1.54) is 38.5 Å². The third-order valence-electron chi connectivity index (χ3n) is 2.02. The molecule has 0 radical (unpaired) electrons. The van der Waals surface area contributed by atoms with Crippen molar-refractivity contribution in [3.63, 3.8) is 0 Å². The molecule has 0 amide bonds. The summed E-state index contributed by atoms with van der Waals surface area (Å²) in [5.74, 6) is 0. The second kappa shape index (κ2) is 11.4. The molecule has 0 nitrogen and oxygen atoms in total. The van der Waals surface area contributed by atoms with Crippen molar-refractivity contribution < 1.29 is 21.1 Å². The van der Waals surface area contributed by atoms with Crippen LogP contribution in [-0.4, -0.2) is 0 Å². The van der Waals surface area contributed by atoms with Crippen LogP contribution in [0.1, 0.15) is 45.4 Å². The van der Waals surface area contributed by atoms with Crippen LogP contribution in [0, 0.1) is 14.9 Å². The standard InChI is InChI=1S/C9H16.2CH3.Pt/c1-9-7-5-3-2-4-6-8-9;;;/h7H,2-6,8H2,1H3;2*1H3;/q;2*-1;+2/b9-7-;;;. The maximum absolute atomic E-state index is 2.40. The maximum Gasteiger partial charge on any atom is 2.00 e. The zero-order valence-corrected chi connectivity index (χ0v) is 10.9. The van der Waals surface area contributed by atoms with Crippen LogP contribution >= 0.6 is 0 Å². The molecule has 0 spiro atoms. The van der Waals surface area contributed by atoms with Crippen molar-refractivity contribution in [2.45, 2.75) is 45.4 Å². The third-order valence-corrected chi connectivity index (χ3v) is 2.02. The first-order valence-corrected chi connectivity index (χ1v) is 4.05. The minimum atomic E-state index is 0. The Morgan fingerprint density at radius 2 is 1.58 bits per heavy atom. The molecule has 0 N–H and O–H groups in total. The van der Waals surface area contributed by atoms with Gasteiger partial charge in [-0.1, -0.05) is 24.5 Å². The molecule has 0 fully saturated rings. The number of hydrogen-bond donors (Lipinski definition) is 0. The summed E-state index contributed by atoms with van der Waals surface area (Å²) >= 11 is 0. The summed E-state index contributed by atoms with van der Waals surface area (Å²) in [6.45, 7) is 2.26. The fourth-order valence-corrected chi connectivity index (χ4v) is 1.35. The van der Waals surface area contributed by atoms with Crippen LogP contribution in [0.3, 0.4) is 0 Å². The van der Waals surface area contributed by atoms with Crippen LogP contribution in [-0.2, 0) is 21.1 Å². The predicted molar refractivity (Wildman–Crippen MR) is 54.3 cm³/mol. The van der Waals surface area contributed by atoms with Crippen molar-refractivity contribution >= 4 is 0 Å². The van der Waals surface area contributed by atoms with Gasteiger partial charge < -0.3 is 14.9 Å². The summed E-state index contributed by atoms with van der Waals surface area (Å²) in [6, 6.07) is 0. The SMILES string of the molecule is C/C1=C/CCCCCC1.[CH3-].[CH3-].[Pt+2]. The molecule has 0 saturated heterocycles. The van der Waals surface area contributed by atoms with E-state index in [2.05, 4.69) is 13.0 Å². The quantitative estimate of drug-likeness (QED) is 0.455. The summed E-state index contributed by atoms with van der Waals surface area (Å²) in [5.41, 5.74) is 1.61. The first-order valence-electron chi connectivity index (χ1n) is 4.05. The van der Waals surface area contributed by atoms with E-state index in [1.54, 1.807) is 5.57 Å². The second-order valence-corrected chi connectivity index (χ2v) is 3.00. The Kier molecular flexibility index (Phi) is 17.4. The average Bonchev–Trinajstić information content (AvgIpc) is 1.79. The van der Waals surface area contributed by atoms with Crippen LogP contribution in [0.4, 0.5) is 0 Å². The molecule has 0 aliphatic heterocycles. The molecule has 76 valence electrons. The molecule has 1 aliphatic carbocycles. The summed E-state index contributed by atoms with van der Waals surface area (Å²) in [6.07, 6.45) is 10.8. The fraction of sp³-hybridized carbons (Fsp3) is 0.636. The van der Waals surface area contributed by atoms with Gasteiger partial charge in [0.15, 0.2) is 0 Å². The van der Waals surface area contributed by atoms with Crippen LogP contribution in [0.2, 0.25) is 0 Å². The average molecular weight is 349 g/mol. The van der Waals surface area contributed by atoms with E-state index in [1.807, 2.05) is 0 Å². The van der Waals surface area contributed by atoms with Gasteiger partial charge in [-0.25, -0.2) is 0 Å². The molecule has 0 unspecified atom stereocenters. The van der Waals surface area contributed by atoms with Crippen molar-refractivity contribution in [3.8, 4) is 0 Å². The van der Waals surface area contributed by atoms with Gasteiger partial charge in [0.2, 0.25) is 0 Å². The molecule has 0 aromatic rings. The van der Waals surface area contributed by atoms with E-state index in [9.17, 15) is 0 Å². The van der Waals surface area contributed by atoms with E-state index in [0.29, 0.717) is 0 Å². The molecular formula is C11H22Pt. The van der Waals surface area contributed by atoms with Gasteiger partial charge in [0.05, 0.1) is 0 Å².